The van der Waals surface area contributed by atoms with Gasteiger partial charge in [0.05, 0.1) is 11.9 Å². The molecule has 2 aliphatic heterocycles. The van der Waals surface area contributed by atoms with Crippen molar-refractivity contribution in [2.45, 2.75) is 63.6 Å². The number of nitrogens with one attached hydrogen (secondary N) is 2. The lowest BCUT2D eigenvalue weighted by molar-refractivity contribution is -0.0912. The molecule has 26 heavy (non-hydrogen) atoms. The van der Waals surface area contributed by atoms with Crippen molar-refractivity contribution in [3.63, 3.8) is 0 Å². The van der Waals surface area contributed by atoms with Gasteiger partial charge < -0.3 is 19.8 Å². The molecule has 3 rings (SSSR count). The van der Waals surface area contributed by atoms with E-state index in [1.807, 2.05) is 12.1 Å². The Labute approximate surface area is 178 Å². The van der Waals surface area contributed by atoms with Gasteiger partial charge in [-0.2, -0.15) is 11.8 Å². The number of furan rings is 1. The van der Waals surface area contributed by atoms with Crippen LogP contribution in [-0.4, -0.2) is 48.3 Å². The van der Waals surface area contributed by atoms with Crippen LogP contribution in [0.25, 0.3) is 0 Å². The second-order valence-electron chi connectivity index (χ2n) is 7.34. The molecule has 2 fully saturated rings. The predicted octanol–water partition coefficient (Wildman–Crippen LogP) is 3.83. The van der Waals surface area contributed by atoms with Crippen LogP contribution >= 0.6 is 35.7 Å². The molecular formula is C19H32IN3O2S. The summed E-state index contributed by atoms with van der Waals surface area (Å²) in [5, 5.41) is 7.12. The maximum Gasteiger partial charge on any atom is 0.191 e. The van der Waals surface area contributed by atoms with Crippen LogP contribution in [0.2, 0.25) is 0 Å². The summed E-state index contributed by atoms with van der Waals surface area (Å²) < 4.78 is 11.6. The molecule has 0 aliphatic carbocycles. The van der Waals surface area contributed by atoms with Gasteiger partial charge in [0.1, 0.15) is 5.76 Å². The van der Waals surface area contributed by atoms with E-state index in [1.54, 1.807) is 6.26 Å². The third-order valence-corrected chi connectivity index (χ3v) is 5.86. The quantitative estimate of drug-likeness (QED) is 0.371. The van der Waals surface area contributed by atoms with Gasteiger partial charge in [0, 0.05) is 31.7 Å². The Kier molecular flexibility index (Phi) is 9.09. The van der Waals surface area contributed by atoms with Gasteiger partial charge in [-0.1, -0.05) is 0 Å². The van der Waals surface area contributed by atoms with E-state index >= 15 is 0 Å². The first-order chi connectivity index (χ1) is 12.2. The van der Waals surface area contributed by atoms with Crippen molar-refractivity contribution in [2.75, 3.05) is 24.7 Å². The van der Waals surface area contributed by atoms with E-state index in [0.717, 1.165) is 44.1 Å². The average Bonchev–Trinajstić information content (AvgIpc) is 3.08. The Morgan fingerprint density at radius 1 is 1.38 bits per heavy atom. The zero-order valence-corrected chi connectivity index (χ0v) is 19.0. The molecule has 1 aromatic rings. The number of hydrogen-bond acceptors (Lipinski definition) is 4. The molecule has 0 aromatic carbocycles. The first-order valence-electron chi connectivity index (χ1n) is 9.47. The van der Waals surface area contributed by atoms with Crippen molar-refractivity contribution in [2.24, 2.45) is 4.99 Å². The normalized spacial score (nSPS) is 22.9. The van der Waals surface area contributed by atoms with Crippen LogP contribution in [0.3, 0.4) is 0 Å². The monoisotopic (exact) mass is 493 g/mol. The number of aliphatic imine (C=N–C) groups is 1. The summed E-state index contributed by atoms with van der Waals surface area (Å²) in [6.07, 6.45) is 7.04. The molecule has 0 saturated carbocycles. The topological polar surface area (TPSA) is 58.8 Å². The number of guanidine groups is 1. The molecule has 5 nitrogen and oxygen atoms in total. The molecule has 1 spiro atoms. The molecule has 2 saturated heterocycles. The molecule has 2 N–H and O–H groups in total. The van der Waals surface area contributed by atoms with Gasteiger partial charge in [0.2, 0.25) is 0 Å². The minimum atomic E-state index is 0. The standard InChI is InChI=1S/C19H31N3O2S.HI/c1-15(2)21-18(20-9-5-17-4-3-10-23-17)22-16-6-11-24-19(14-16)7-12-25-13-8-19;/h3-4,10,15-16H,5-9,11-14H2,1-2H3,(H2,20,21,22);1H. The smallest absolute Gasteiger partial charge is 0.191 e. The van der Waals surface area contributed by atoms with Crippen LogP contribution in [0.15, 0.2) is 27.8 Å². The lowest BCUT2D eigenvalue weighted by atomic mass is 9.85. The number of nitrogens with zero attached hydrogens (tertiary/aromatic N) is 1. The number of halogens is 1. The minimum Gasteiger partial charge on any atom is -0.469 e. The second-order valence-corrected chi connectivity index (χ2v) is 8.56. The maximum absolute atomic E-state index is 6.20. The van der Waals surface area contributed by atoms with E-state index in [1.165, 1.54) is 24.3 Å². The predicted molar refractivity (Wildman–Crippen MR) is 120 cm³/mol. The summed E-state index contributed by atoms with van der Waals surface area (Å²) in [5.74, 6) is 4.34. The molecule has 0 amide bonds. The number of hydrogen-bond donors (Lipinski definition) is 2. The van der Waals surface area contributed by atoms with Gasteiger partial charge in [-0.25, -0.2) is 0 Å². The summed E-state index contributed by atoms with van der Waals surface area (Å²) in [7, 11) is 0. The van der Waals surface area contributed by atoms with E-state index in [9.17, 15) is 0 Å². The molecule has 2 aliphatic rings. The van der Waals surface area contributed by atoms with Gasteiger partial charge in [0.15, 0.2) is 5.96 Å². The van der Waals surface area contributed by atoms with Crippen molar-refractivity contribution in [3.8, 4) is 0 Å². The van der Waals surface area contributed by atoms with Crippen molar-refractivity contribution in [1.29, 1.82) is 0 Å². The molecular weight excluding hydrogens is 461 g/mol. The number of rotatable bonds is 5. The van der Waals surface area contributed by atoms with Gasteiger partial charge in [-0.15, -0.1) is 24.0 Å². The Morgan fingerprint density at radius 3 is 2.88 bits per heavy atom. The summed E-state index contributed by atoms with van der Waals surface area (Å²) in [6.45, 7) is 5.87. The van der Waals surface area contributed by atoms with E-state index < -0.39 is 0 Å². The number of ether oxygens (including phenoxy) is 1. The van der Waals surface area contributed by atoms with Crippen molar-refractivity contribution >= 4 is 41.7 Å². The van der Waals surface area contributed by atoms with E-state index in [4.69, 9.17) is 14.1 Å². The van der Waals surface area contributed by atoms with Crippen LogP contribution in [0.4, 0.5) is 0 Å². The highest BCUT2D eigenvalue weighted by Crippen LogP contribution is 2.37. The summed E-state index contributed by atoms with van der Waals surface area (Å²) >= 11 is 2.05. The Morgan fingerprint density at radius 2 is 2.19 bits per heavy atom. The molecule has 1 aromatic heterocycles. The Bertz CT molecular complexity index is 539. The van der Waals surface area contributed by atoms with Gasteiger partial charge in [-0.05, 0) is 63.2 Å². The van der Waals surface area contributed by atoms with E-state index in [2.05, 4.69) is 36.2 Å². The lowest BCUT2D eigenvalue weighted by Gasteiger charge is -2.43. The zero-order valence-electron chi connectivity index (χ0n) is 15.8. The van der Waals surface area contributed by atoms with Crippen LogP contribution < -0.4 is 10.6 Å². The van der Waals surface area contributed by atoms with Crippen LogP contribution in [-0.2, 0) is 11.2 Å². The first kappa shape index (κ1) is 21.9. The largest absolute Gasteiger partial charge is 0.469 e. The fourth-order valence-corrected chi connectivity index (χ4v) is 4.81. The molecule has 1 unspecified atom stereocenters. The molecule has 0 bridgehead atoms. The first-order valence-corrected chi connectivity index (χ1v) is 10.6. The zero-order chi connectivity index (χ0) is 17.5. The van der Waals surface area contributed by atoms with Crippen molar-refractivity contribution < 1.29 is 9.15 Å². The average molecular weight is 493 g/mol. The highest BCUT2D eigenvalue weighted by Gasteiger charge is 2.38. The van der Waals surface area contributed by atoms with E-state index in [-0.39, 0.29) is 29.6 Å². The third-order valence-electron chi connectivity index (χ3n) is 4.87. The maximum atomic E-state index is 6.20. The fourth-order valence-electron chi connectivity index (χ4n) is 3.58. The van der Waals surface area contributed by atoms with Gasteiger partial charge >= 0.3 is 0 Å². The summed E-state index contributed by atoms with van der Waals surface area (Å²) in [5.41, 5.74) is 0.0955. The molecule has 1 atom stereocenters. The molecule has 3 heterocycles. The van der Waals surface area contributed by atoms with Crippen molar-refractivity contribution in [3.05, 3.63) is 24.2 Å². The Balaban J connectivity index is 0.00000243. The second kappa shape index (κ2) is 10.8. The summed E-state index contributed by atoms with van der Waals surface area (Å²) in [4.78, 5) is 4.76. The minimum absolute atomic E-state index is 0. The SMILES string of the molecule is CC(C)NC(=NCCc1ccco1)NC1CCOC2(CCSCC2)C1.I. The van der Waals surface area contributed by atoms with Gasteiger partial charge in [0.25, 0.3) is 0 Å². The lowest BCUT2D eigenvalue weighted by Crippen LogP contribution is -2.53. The number of thioether (sulfide) groups is 1. The molecule has 148 valence electrons. The summed E-state index contributed by atoms with van der Waals surface area (Å²) in [6, 6.07) is 4.72. The van der Waals surface area contributed by atoms with E-state index in [0.29, 0.717) is 12.1 Å². The Hall–Kier alpha value is -0.410. The van der Waals surface area contributed by atoms with Crippen LogP contribution in [0.1, 0.15) is 45.3 Å². The van der Waals surface area contributed by atoms with Crippen LogP contribution in [0, 0.1) is 0 Å². The van der Waals surface area contributed by atoms with Crippen LogP contribution in [0.5, 0.6) is 0 Å². The molecule has 0 radical (unpaired) electrons. The molecule has 7 heteroatoms. The van der Waals surface area contributed by atoms with Gasteiger partial charge in [-0.3, -0.25) is 4.99 Å². The van der Waals surface area contributed by atoms with Crippen molar-refractivity contribution in [1.82, 2.24) is 10.6 Å². The fraction of sp³-hybridized carbons (Fsp3) is 0.737. The highest BCUT2D eigenvalue weighted by atomic mass is 127. The third kappa shape index (κ3) is 6.64. The highest BCUT2D eigenvalue weighted by molar-refractivity contribution is 14.0.